The Bertz CT molecular complexity index is 4340. The molecule has 4 aliphatic carbocycles. The monoisotopic (exact) mass is 1470 g/mol. The zero-order valence-electron chi connectivity index (χ0n) is 58.5. The smallest absolute Gasteiger partial charge is 0.410 e. The minimum Gasteiger partial charge on any atom is -0.476 e. The lowest BCUT2D eigenvalue weighted by molar-refractivity contribution is -0.139. The quantitative estimate of drug-likeness (QED) is 0.0111. The van der Waals surface area contributed by atoms with E-state index in [1.165, 1.54) is 28.4 Å². The summed E-state index contributed by atoms with van der Waals surface area (Å²) >= 11 is 3.18. The molecule has 3 aromatic heterocycles. The van der Waals surface area contributed by atoms with Crippen molar-refractivity contribution in [3.05, 3.63) is 131 Å². The number of aromatic carboxylic acids is 1. The molecule has 4 saturated carbocycles. The first-order valence-electron chi connectivity index (χ1n) is 34.8. The van der Waals surface area contributed by atoms with E-state index < -0.39 is 63.8 Å². The highest BCUT2D eigenvalue weighted by Gasteiger charge is 2.65. The molecular formula is C73H89N13O14S3. The number of carbonyl (C=O) groups excluding carboxylic acids is 8. The summed E-state index contributed by atoms with van der Waals surface area (Å²) in [7, 11) is -4.48. The minimum absolute atomic E-state index is 0.0143. The van der Waals surface area contributed by atoms with Gasteiger partial charge in [-0.25, -0.2) is 24.4 Å². The SMILES string of the molecule is Cc1c(-c2ccc(N3CCc4cccc(C(=O)Nc5nc6ccccc6s5)c4C3)nc2C(=O)O)cnn1CC12CC3(C)CC(C)(C1)CC(SCCN(CCS(=O)(=O)O)C(=O)OCc1ccc(NC(=O)[C@H](CCCNC(N)=O)NC(=O)C(NC(=O)CCCCCN4C(=O)C=CC4=O)C(C)C)cc1)(C3)C2. The summed E-state index contributed by atoms with van der Waals surface area (Å²) in [5, 5.41) is 30.0. The number of hydrogen-bond acceptors (Lipinski definition) is 18. The molecule has 3 unspecified atom stereocenters. The number of thiazole rings is 1. The molecule has 4 bridgehead atoms. The van der Waals surface area contributed by atoms with Crippen LogP contribution in [0.3, 0.4) is 0 Å². The Morgan fingerprint density at radius 1 is 0.816 bits per heavy atom. The molecule has 0 saturated heterocycles. The van der Waals surface area contributed by atoms with Crippen molar-refractivity contribution in [2.75, 3.05) is 59.8 Å². The molecule has 4 atom stereocenters. The van der Waals surface area contributed by atoms with Gasteiger partial charge in [-0.05, 0) is 159 Å². The van der Waals surface area contributed by atoms with Crippen LogP contribution in [0.15, 0.2) is 97.2 Å². The summed E-state index contributed by atoms with van der Waals surface area (Å²) < 4.78 is 42.7. The van der Waals surface area contributed by atoms with Crippen LogP contribution < -0.4 is 37.2 Å². The Morgan fingerprint density at radius 3 is 2.25 bits per heavy atom. The first-order valence-corrected chi connectivity index (χ1v) is 38.2. The number of anilines is 3. The average Bonchev–Trinajstić information content (AvgIpc) is 0.895. The molecule has 12 rings (SSSR count). The van der Waals surface area contributed by atoms with Gasteiger partial charge in [0, 0.05) is 103 Å². The number of unbranched alkanes of at least 4 members (excludes halogenated alkanes) is 2. The van der Waals surface area contributed by atoms with Gasteiger partial charge in [-0.1, -0.05) is 81.9 Å². The van der Waals surface area contributed by atoms with Crippen LogP contribution in [0, 0.1) is 29.1 Å². The highest BCUT2D eigenvalue weighted by atomic mass is 32.2. The maximum absolute atomic E-state index is 14.0. The number of thioether (sulfide) groups is 1. The molecule has 5 heterocycles. The van der Waals surface area contributed by atoms with Gasteiger partial charge in [0.15, 0.2) is 10.8 Å². The molecule has 2 aliphatic heterocycles. The number of benzene rings is 3. The number of imide groups is 1. The summed E-state index contributed by atoms with van der Waals surface area (Å²) in [5.41, 5.74) is 10.9. The maximum atomic E-state index is 14.0. The van der Waals surface area contributed by atoms with Gasteiger partial charge in [-0.15, -0.1) is 0 Å². The van der Waals surface area contributed by atoms with Gasteiger partial charge < -0.3 is 46.6 Å². The van der Waals surface area contributed by atoms with Crippen LogP contribution in [0.1, 0.15) is 148 Å². The molecule has 3 aromatic carbocycles. The molecule has 4 fully saturated rings. The zero-order chi connectivity index (χ0) is 73.6. The third-order valence-electron chi connectivity index (χ3n) is 20.3. The fourth-order valence-corrected chi connectivity index (χ4v) is 20.0. The molecule has 30 heteroatoms. The van der Waals surface area contributed by atoms with Crippen molar-refractivity contribution < 1.29 is 66.0 Å². The fourth-order valence-electron chi connectivity index (χ4n) is 16.7. The normalized spacial score (nSPS) is 20.9. The van der Waals surface area contributed by atoms with Crippen LogP contribution in [-0.4, -0.2) is 162 Å². The number of carboxylic acids is 1. The lowest BCUT2D eigenvalue weighted by atomic mass is 9.40. The highest BCUT2D eigenvalue weighted by Crippen LogP contribution is 2.74. The Labute approximate surface area is 606 Å². The topological polar surface area (TPSA) is 377 Å². The predicted octanol–water partition coefficient (Wildman–Crippen LogP) is 9.25. The van der Waals surface area contributed by atoms with Gasteiger partial charge in [0.1, 0.15) is 24.5 Å². The van der Waals surface area contributed by atoms with Gasteiger partial charge >= 0.3 is 18.1 Å². The van der Waals surface area contributed by atoms with Crippen LogP contribution in [0.4, 0.5) is 26.2 Å². The number of nitrogens with zero attached hydrogens (tertiary/aromatic N) is 7. The summed E-state index contributed by atoms with van der Waals surface area (Å²) in [6.45, 7) is 11.6. The molecule has 548 valence electrons. The molecule has 27 nitrogen and oxygen atoms in total. The van der Waals surface area contributed by atoms with Crippen molar-refractivity contribution in [2.45, 2.75) is 155 Å². The molecular weight excluding hydrogens is 1380 g/mol. The first kappa shape index (κ1) is 74.9. The number of primary amides is 1. The third kappa shape index (κ3) is 18.4. The number of nitrogens with one attached hydrogen (secondary N) is 5. The number of pyridine rings is 1. The van der Waals surface area contributed by atoms with Crippen LogP contribution in [-0.2, 0) is 64.9 Å². The fraction of sp³-hybridized carbons (Fsp3) is 0.479. The van der Waals surface area contributed by atoms with Crippen molar-refractivity contribution in [1.82, 2.24) is 45.5 Å². The van der Waals surface area contributed by atoms with Crippen molar-refractivity contribution in [2.24, 2.45) is 27.9 Å². The summed E-state index contributed by atoms with van der Waals surface area (Å²) in [6.07, 6.45) is 11.6. The Kier molecular flexibility index (Phi) is 22.8. The minimum atomic E-state index is -4.48. The predicted molar refractivity (Wildman–Crippen MR) is 391 cm³/mol. The van der Waals surface area contributed by atoms with Crippen molar-refractivity contribution >= 4 is 114 Å². The molecule has 9 N–H and O–H groups in total. The number of para-hydroxylation sites is 1. The number of amides is 9. The molecule has 6 aliphatic rings. The summed E-state index contributed by atoms with van der Waals surface area (Å²) in [6, 6.07) is 20.5. The lowest BCUT2D eigenvalue weighted by Crippen LogP contribution is -2.62. The number of carboxylic acid groups (broad SMARTS) is 1. The van der Waals surface area contributed by atoms with Crippen LogP contribution >= 0.6 is 23.1 Å². The number of urea groups is 1. The summed E-state index contributed by atoms with van der Waals surface area (Å²) in [4.78, 5) is 131. The zero-order valence-corrected chi connectivity index (χ0v) is 60.9. The van der Waals surface area contributed by atoms with Gasteiger partial charge in [0.05, 0.1) is 22.2 Å². The number of ether oxygens (including phenoxy) is 1. The van der Waals surface area contributed by atoms with E-state index >= 15 is 0 Å². The first-order chi connectivity index (χ1) is 49.0. The van der Waals surface area contributed by atoms with E-state index in [2.05, 4.69) is 45.4 Å². The van der Waals surface area contributed by atoms with E-state index in [-0.39, 0.29) is 102 Å². The van der Waals surface area contributed by atoms with Crippen molar-refractivity contribution in [3.63, 3.8) is 0 Å². The van der Waals surface area contributed by atoms with E-state index in [4.69, 9.17) is 20.6 Å². The third-order valence-corrected chi connectivity index (χ3v) is 23.3. The second-order valence-electron chi connectivity index (χ2n) is 29.2. The average molecular weight is 1470 g/mol. The van der Waals surface area contributed by atoms with Gasteiger partial charge in [-0.3, -0.25) is 48.2 Å². The molecule has 9 amide bonds. The van der Waals surface area contributed by atoms with Crippen molar-refractivity contribution in [3.8, 4) is 11.1 Å². The molecule has 103 heavy (non-hydrogen) atoms. The van der Waals surface area contributed by atoms with E-state index in [0.717, 1.165) is 70.5 Å². The Morgan fingerprint density at radius 2 is 1.55 bits per heavy atom. The summed E-state index contributed by atoms with van der Waals surface area (Å²) in [5.74, 6) is -3.97. The van der Waals surface area contributed by atoms with Crippen molar-refractivity contribution in [1.29, 1.82) is 0 Å². The molecule has 6 aromatic rings. The molecule has 0 radical (unpaired) electrons. The van der Waals surface area contributed by atoms with Gasteiger partial charge in [0.2, 0.25) is 17.7 Å². The Balaban J connectivity index is 0.698. The van der Waals surface area contributed by atoms with Gasteiger partial charge in [0.25, 0.3) is 27.8 Å². The van der Waals surface area contributed by atoms with Crippen LogP contribution in [0.2, 0.25) is 0 Å². The van der Waals surface area contributed by atoms with Crippen LogP contribution in [0.5, 0.6) is 0 Å². The number of carbonyl (C=O) groups is 9. The maximum Gasteiger partial charge on any atom is 0.410 e. The Hall–Kier alpha value is -9.26. The number of hydrogen-bond donors (Lipinski definition) is 8. The lowest BCUT2D eigenvalue weighted by Gasteiger charge is -2.69. The van der Waals surface area contributed by atoms with E-state index in [0.29, 0.717) is 90.0 Å². The standard InChI is InChI=1S/C73H89N13O14S3/c1-45(2)61(81-58(87)18-7-6-10-29-85-59(88)25-26-60(85)89)65(92)78-55(16-12-28-75-67(74)95)64(91)77-49-21-19-47(20-22-49)37-100-69(96)83(32-34-103(97,98)99)31-33-101-73-41-70(4)38-71(5,42-73)40-72(39-70,43-73)44-86-46(3)52(35-76-86)50-23-24-57(80-62(50)66(93)94)84-30-27-48-13-11-14-51(53(48)36-84)63(90)82-68-79-54-15-8-9-17-56(54)102-68/h8-9,11,13-15,17,19-26,35,45,55,61H,6-7,10,12,16,18,27-34,36-44H2,1-5H3,(H,77,91)(H,78,92)(H,81,87)(H,93,94)(H3,74,75,95)(H,79,82,90)(H,97,98,99)/t55-,61?,70?,71?,72?,73?/m0/s1. The second kappa shape index (κ2) is 31.4. The number of fused-ring (bicyclic) bond motifs is 2. The second-order valence-corrected chi connectivity index (χ2v) is 33.4. The van der Waals surface area contributed by atoms with E-state index in [9.17, 15) is 61.2 Å². The number of aromatic nitrogens is 4. The van der Waals surface area contributed by atoms with E-state index in [1.807, 2.05) is 59.0 Å². The highest BCUT2D eigenvalue weighted by molar-refractivity contribution is 8.00. The van der Waals surface area contributed by atoms with Gasteiger partial charge in [-0.2, -0.15) is 25.3 Å². The number of rotatable bonds is 32. The molecule has 0 spiro atoms. The largest absolute Gasteiger partial charge is 0.476 e. The van der Waals surface area contributed by atoms with E-state index in [1.54, 1.807) is 68.2 Å². The number of nitrogens with two attached hydrogens (primary N) is 1. The van der Waals surface area contributed by atoms with Crippen LogP contribution in [0.25, 0.3) is 21.3 Å².